The first-order valence-electron chi connectivity index (χ1n) is 34.9. The number of carbonyl (C=O) groups excluding carboxylic acids is 3. The van der Waals surface area contributed by atoms with Crippen LogP contribution in [0.4, 0.5) is 42.3 Å². The van der Waals surface area contributed by atoms with Gasteiger partial charge in [0.05, 0.1) is 53.6 Å². The van der Waals surface area contributed by atoms with Crippen molar-refractivity contribution in [3.63, 3.8) is 0 Å². The van der Waals surface area contributed by atoms with E-state index in [2.05, 4.69) is 43.2 Å². The van der Waals surface area contributed by atoms with Gasteiger partial charge in [-0.1, -0.05) is 73.6 Å². The fourth-order valence-electron chi connectivity index (χ4n) is 12.2. The number of anilines is 5. The molecule has 9 N–H and O–H groups in total. The summed E-state index contributed by atoms with van der Waals surface area (Å²) in [6.45, 7) is 26.8. The largest absolute Gasteiger partial charge is 0.493 e. The summed E-state index contributed by atoms with van der Waals surface area (Å²) in [7, 11) is -12.8. The number of halogens is 3. The Hall–Kier alpha value is -11.0. The number of nitrogens with two attached hydrogens (primary N) is 3. The van der Waals surface area contributed by atoms with Crippen molar-refractivity contribution in [1.82, 2.24) is 44.1 Å². The smallest absolute Gasteiger partial charge is 0.281 e. The van der Waals surface area contributed by atoms with E-state index in [-0.39, 0.29) is 78.1 Å². The van der Waals surface area contributed by atoms with Crippen molar-refractivity contribution in [2.75, 3.05) is 59.9 Å². The molecule has 9 aromatic rings. The van der Waals surface area contributed by atoms with Crippen LogP contribution in [0, 0.1) is 47.0 Å². The lowest BCUT2D eigenvalue weighted by Crippen LogP contribution is -2.41. The summed E-state index contributed by atoms with van der Waals surface area (Å²) in [6, 6.07) is 34.3. The lowest BCUT2D eigenvalue weighted by Gasteiger charge is -2.34. The standard InChI is InChI=1S/2C28H34FN5O4S.C21H21FN4O4S/c2*1-17(2)16-38-21-12-19(11-20(29)13-21)23-10-9-22(26(31-23)34-15-18(3)14-28(34,4)5)27(35)33-39(36,37)25-8-6-7-24(30)32-25;1-13(2)12-30-17-9-15(8-16(22)10-17)18-7-6-14(11-24-18)21(27)26-31(28,29)20-5-3-4-19(23)25-20/h2*6-13,17-18H,14-16H2,1-5H3,(H2,30,32)(H,33,35);3-11,13H,12H2,1-2H3,(H2,23,25)(H,26,27)/t2*18-;/m10./s1. The van der Waals surface area contributed by atoms with Gasteiger partial charge in [-0.3, -0.25) is 19.4 Å². The molecule has 2 aliphatic heterocycles. The molecule has 32 heteroatoms. The third kappa shape index (κ3) is 21.7. The van der Waals surface area contributed by atoms with Gasteiger partial charge < -0.3 is 41.2 Å². The Morgan fingerprint density at radius 2 is 0.780 bits per heavy atom. The van der Waals surface area contributed by atoms with Crippen molar-refractivity contribution in [3.05, 3.63) is 186 Å². The van der Waals surface area contributed by atoms with Crippen LogP contribution in [0.15, 0.2) is 167 Å². The van der Waals surface area contributed by atoms with Crippen molar-refractivity contribution in [2.24, 2.45) is 29.6 Å². The highest BCUT2D eigenvalue weighted by atomic mass is 32.2. The minimum atomic E-state index is -4.30. The number of nitrogen functional groups attached to an aromatic ring is 3. The van der Waals surface area contributed by atoms with Gasteiger partial charge in [0.25, 0.3) is 47.8 Å². The zero-order valence-corrected chi connectivity index (χ0v) is 64.8. The molecule has 8 heterocycles. The average molecular weight is 1560 g/mol. The topological polar surface area (TPSA) is 379 Å². The molecule has 2 atom stereocenters. The maximum absolute atomic E-state index is 14.5. The Balaban J connectivity index is 0.000000190. The third-order valence-electron chi connectivity index (χ3n) is 16.9. The first-order valence-corrected chi connectivity index (χ1v) is 39.3. The maximum atomic E-state index is 14.5. The van der Waals surface area contributed by atoms with E-state index in [9.17, 15) is 52.8 Å². The van der Waals surface area contributed by atoms with Crippen LogP contribution >= 0.6 is 0 Å². The molecule has 0 spiro atoms. The number of rotatable bonds is 23. The molecule has 2 fully saturated rings. The number of sulfonamides is 3. The minimum Gasteiger partial charge on any atom is -0.493 e. The number of ether oxygens (including phenoxy) is 3. The van der Waals surface area contributed by atoms with E-state index in [4.69, 9.17) is 41.4 Å². The minimum absolute atomic E-state index is 0.00362. The van der Waals surface area contributed by atoms with Crippen LogP contribution < -0.4 is 55.4 Å². The van der Waals surface area contributed by atoms with Crippen molar-refractivity contribution in [2.45, 2.75) is 122 Å². The fourth-order valence-corrected chi connectivity index (χ4v) is 15.0. The molecule has 578 valence electrons. The average Bonchev–Trinajstić information content (AvgIpc) is 1.71. The number of aromatic nitrogens is 6. The van der Waals surface area contributed by atoms with Gasteiger partial charge in [-0.15, -0.1) is 0 Å². The molecule has 0 saturated carbocycles. The number of carbonyl (C=O) groups is 3. The van der Waals surface area contributed by atoms with E-state index >= 15 is 0 Å². The Bertz CT molecular complexity index is 4970. The number of hydrogen-bond donors (Lipinski definition) is 6. The highest BCUT2D eigenvalue weighted by molar-refractivity contribution is 7.90. The second-order valence-electron chi connectivity index (χ2n) is 29.2. The van der Waals surface area contributed by atoms with Crippen LogP contribution in [-0.2, 0) is 30.1 Å². The van der Waals surface area contributed by atoms with Crippen LogP contribution in [-0.4, -0.2) is 117 Å². The summed E-state index contributed by atoms with van der Waals surface area (Å²) in [6.07, 6.45) is 2.89. The molecule has 11 rings (SSSR count). The highest BCUT2D eigenvalue weighted by Crippen LogP contribution is 2.41. The van der Waals surface area contributed by atoms with Crippen LogP contribution in [0.3, 0.4) is 0 Å². The fraction of sp³-hybridized carbons (Fsp3) is 0.338. The number of benzene rings is 3. The summed E-state index contributed by atoms with van der Waals surface area (Å²) in [5.74, 6) is -0.854. The summed E-state index contributed by atoms with van der Waals surface area (Å²) in [4.78, 5) is 68.2. The molecule has 0 aliphatic carbocycles. The molecule has 0 radical (unpaired) electrons. The van der Waals surface area contributed by atoms with E-state index in [0.717, 1.165) is 12.8 Å². The zero-order valence-electron chi connectivity index (χ0n) is 62.3. The number of pyridine rings is 6. The van der Waals surface area contributed by atoms with Gasteiger partial charge in [0.2, 0.25) is 0 Å². The Morgan fingerprint density at radius 1 is 0.459 bits per heavy atom. The lowest BCUT2D eigenvalue weighted by molar-refractivity contribution is 0.0972. The SMILES string of the molecule is CC(C)COc1cc(F)cc(-c2ccc(C(=O)NS(=O)(=O)c3cccc(N)n3)c(N3C[C@@H](C)CC3(C)C)n2)c1.CC(C)COc1cc(F)cc(-c2ccc(C(=O)NS(=O)(=O)c3cccc(N)n3)c(N3C[C@H](C)CC3(C)C)n2)c1.CC(C)COc1cc(F)cc(-c2ccc(C(=O)NS(=O)(=O)c3cccc(N)n3)cn2)c1. The Morgan fingerprint density at radius 3 is 1.07 bits per heavy atom. The van der Waals surface area contributed by atoms with Gasteiger partial charge >= 0.3 is 0 Å². The van der Waals surface area contributed by atoms with E-state index in [1.165, 1.54) is 121 Å². The number of nitrogens with zero attached hydrogens (tertiary/aromatic N) is 8. The van der Waals surface area contributed by atoms with Crippen molar-refractivity contribution < 1.29 is 67.0 Å². The molecule has 0 bridgehead atoms. The van der Waals surface area contributed by atoms with Gasteiger partial charge in [-0.05, 0) is 179 Å². The molecule has 6 aromatic heterocycles. The van der Waals surface area contributed by atoms with Gasteiger partial charge in [-0.2, -0.15) is 25.3 Å². The van der Waals surface area contributed by atoms with E-state index < -0.39 is 65.2 Å². The molecule has 2 saturated heterocycles. The van der Waals surface area contributed by atoms with Crippen molar-refractivity contribution in [1.29, 1.82) is 0 Å². The first-order chi connectivity index (χ1) is 51.1. The second-order valence-corrected chi connectivity index (χ2v) is 34.1. The molecule has 26 nitrogen and oxygen atoms in total. The van der Waals surface area contributed by atoms with Gasteiger partial charge in [-0.25, -0.2) is 52.3 Å². The predicted octanol–water partition coefficient (Wildman–Crippen LogP) is 12.3. The van der Waals surface area contributed by atoms with Crippen molar-refractivity contribution in [3.8, 4) is 51.0 Å². The van der Waals surface area contributed by atoms with Crippen LogP contribution in [0.25, 0.3) is 33.8 Å². The Kier molecular flexibility index (Phi) is 25.7. The monoisotopic (exact) mass is 1550 g/mol. The molecular formula is C77H89F3N14O12S3. The molecule has 0 unspecified atom stereocenters. The van der Waals surface area contributed by atoms with E-state index in [1.54, 1.807) is 30.3 Å². The molecular weight excluding hydrogens is 1470 g/mol. The quantitative estimate of drug-likeness (QED) is 0.0346. The van der Waals surface area contributed by atoms with Crippen LogP contribution in [0.5, 0.6) is 17.2 Å². The van der Waals surface area contributed by atoms with Crippen LogP contribution in [0.2, 0.25) is 0 Å². The van der Waals surface area contributed by atoms with E-state index in [0.29, 0.717) is 107 Å². The van der Waals surface area contributed by atoms with Crippen LogP contribution in [0.1, 0.15) is 127 Å². The molecule has 3 amide bonds. The van der Waals surface area contributed by atoms with Crippen molar-refractivity contribution >= 4 is 76.9 Å². The highest BCUT2D eigenvalue weighted by Gasteiger charge is 2.41. The zero-order chi connectivity index (χ0) is 79.7. The summed E-state index contributed by atoms with van der Waals surface area (Å²) in [5.41, 5.74) is 18.8. The normalized spacial score (nSPS) is 15.3. The second kappa shape index (κ2) is 34.1. The molecule has 3 aromatic carbocycles. The number of hydrogen-bond acceptors (Lipinski definition) is 23. The summed E-state index contributed by atoms with van der Waals surface area (Å²) >= 11 is 0. The number of nitrogens with one attached hydrogen (secondary N) is 3. The van der Waals surface area contributed by atoms with Gasteiger partial charge in [0, 0.05) is 65.3 Å². The first kappa shape index (κ1) is 82.1. The Labute approximate surface area is 633 Å². The summed E-state index contributed by atoms with van der Waals surface area (Å²) < 4.78 is 142. The number of amides is 3. The molecule has 109 heavy (non-hydrogen) atoms. The summed E-state index contributed by atoms with van der Waals surface area (Å²) in [5, 5.41) is -1.12. The van der Waals surface area contributed by atoms with Gasteiger partial charge in [0.15, 0.2) is 15.1 Å². The molecule has 2 aliphatic rings. The van der Waals surface area contributed by atoms with E-state index in [1.807, 2.05) is 83.8 Å². The van der Waals surface area contributed by atoms with Gasteiger partial charge in [0.1, 0.15) is 63.8 Å². The third-order valence-corrected chi connectivity index (χ3v) is 20.6. The lowest BCUT2D eigenvalue weighted by atomic mass is 9.97. The predicted molar refractivity (Wildman–Crippen MR) is 410 cm³/mol. The maximum Gasteiger partial charge on any atom is 0.281 e.